The minimum absolute atomic E-state index is 0.0777. The van der Waals surface area contributed by atoms with Crippen LogP contribution in [0.2, 0.25) is 5.02 Å². The molecule has 2 amide bonds. The van der Waals surface area contributed by atoms with Crippen molar-refractivity contribution in [2.45, 2.75) is 71.0 Å². The molecule has 4 nitrogen and oxygen atoms in total. The van der Waals surface area contributed by atoms with Gasteiger partial charge in [-0.3, -0.25) is 9.59 Å². The van der Waals surface area contributed by atoms with E-state index in [0.717, 1.165) is 53.5 Å². The lowest BCUT2D eigenvalue weighted by molar-refractivity contribution is -0.141. The highest BCUT2D eigenvalue weighted by Gasteiger charge is 2.32. The molecule has 1 saturated carbocycles. The summed E-state index contributed by atoms with van der Waals surface area (Å²) in [6, 6.07) is 23.2. The summed E-state index contributed by atoms with van der Waals surface area (Å²) < 4.78 is 0. The number of rotatable bonds is 9. The van der Waals surface area contributed by atoms with Crippen molar-refractivity contribution in [3.63, 3.8) is 0 Å². The van der Waals surface area contributed by atoms with Crippen LogP contribution in [0.4, 0.5) is 0 Å². The second-order valence-corrected chi connectivity index (χ2v) is 10.3. The van der Waals surface area contributed by atoms with Crippen LogP contribution in [0.15, 0.2) is 72.8 Å². The van der Waals surface area contributed by atoms with Crippen molar-refractivity contribution in [2.75, 3.05) is 0 Å². The number of nitrogens with one attached hydrogen (secondary N) is 1. The third-order valence-corrected chi connectivity index (χ3v) is 7.49. The van der Waals surface area contributed by atoms with E-state index in [1.807, 2.05) is 74.5 Å². The van der Waals surface area contributed by atoms with Crippen LogP contribution in [0.5, 0.6) is 0 Å². The molecule has 0 aromatic heterocycles. The lowest BCUT2D eigenvalue weighted by Gasteiger charge is -2.33. The van der Waals surface area contributed by atoms with Crippen molar-refractivity contribution in [3.05, 3.63) is 106 Å². The van der Waals surface area contributed by atoms with Gasteiger partial charge in [-0.1, -0.05) is 96.7 Å². The normalized spacial score (nSPS) is 14.4. The van der Waals surface area contributed by atoms with Crippen molar-refractivity contribution >= 4 is 23.4 Å². The summed E-state index contributed by atoms with van der Waals surface area (Å²) in [5.74, 6) is -0.168. The lowest BCUT2D eigenvalue weighted by Crippen LogP contribution is -2.52. The zero-order chi connectivity index (χ0) is 25.5. The number of hydrogen-bond donors (Lipinski definition) is 1. The summed E-state index contributed by atoms with van der Waals surface area (Å²) in [6.07, 6.45) is 4.92. The molecular weight excluding hydrogens is 468 g/mol. The third kappa shape index (κ3) is 6.76. The topological polar surface area (TPSA) is 49.4 Å². The SMILES string of the molecule is Cc1ccc(C)c(CC(=O)N(Cc2ccccc2Cl)[C@H](Cc2ccccc2)C(=O)NC2CCCC2)c1. The van der Waals surface area contributed by atoms with Gasteiger partial charge in [-0.2, -0.15) is 0 Å². The number of halogens is 1. The van der Waals surface area contributed by atoms with Gasteiger partial charge in [-0.15, -0.1) is 0 Å². The molecule has 0 aliphatic heterocycles. The Bertz CT molecular complexity index is 1190. The second kappa shape index (κ2) is 12.2. The van der Waals surface area contributed by atoms with Crippen molar-refractivity contribution in [1.29, 1.82) is 0 Å². The van der Waals surface area contributed by atoms with E-state index in [1.54, 1.807) is 4.90 Å². The van der Waals surface area contributed by atoms with E-state index in [2.05, 4.69) is 17.4 Å². The van der Waals surface area contributed by atoms with Crippen LogP contribution in [-0.2, 0) is 29.0 Å². The smallest absolute Gasteiger partial charge is 0.243 e. The first-order valence-electron chi connectivity index (χ1n) is 12.8. The first-order chi connectivity index (χ1) is 17.4. The largest absolute Gasteiger partial charge is 0.352 e. The fourth-order valence-corrected chi connectivity index (χ4v) is 5.18. The van der Waals surface area contributed by atoms with Gasteiger partial charge in [0.15, 0.2) is 0 Å². The van der Waals surface area contributed by atoms with Crippen LogP contribution in [0.1, 0.15) is 53.5 Å². The summed E-state index contributed by atoms with van der Waals surface area (Å²) in [5, 5.41) is 3.85. The first kappa shape index (κ1) is 26.0. The van der Waals surface area contributed by atoms with Crippen LogP contribution in [0.25, 0.3) is 0 Å². The van der Waals surface area contributed by atoms with Gasteiger partial charge in [0.25, 0.3) is 0 Å². The van der Waals surface area contributed by atoms with Crippen molar-refractivity contribution in [2.24, 2.45) is 0 Å². The van der Waals surface area contributed by atoms with Gasteiger partial charge in [0, 0.05) is 24.0 Å². The Balaban J connectivity index is 1.69. The summed E-state index contributed by atoms with van der Waals surface area (Å²) in [5.41, 5.74) is 5.02. The molecule has 3 aromatic rings. The van der Waals surface area contributed by atoms with Crippen molar-refractivity contribution in [1.82, 2.24) is 10.2 Å². The Morgan fingerprint density at radius 1 is 0.944 bits per heavy atom. The number of carbonyl (C=O) groups excluding carboxylic acids is 2. The molecule has 0 radical (unpaired) electrons. The van der Waals surface area contributed by atoms with Gasteiger partial charge in [0.1, 0.15) is 6.04 Å². The van der Waals surface area contributed by atoms with Crippen LogP contribution >= 0.6 is 11.6 Å². The first-order valence-corrected chi connectivity index (χ1v) is 13.2. The van der Waals surface area contributed by atoms with E-state index < -0.39 is 6.04 Å². The molecule has 0 heterocycles. The fourth-order valence-electron chi connectivity index (χ4n) is 4.99. The van der Waals surface area contributed by atoms with Gasteiger partial charge in [-0.25, -0.2) is 0 Å². The van der Waals surface area contributed by atoms with Gasteiger partial charge >= 0.3 is 0 Å². The predicted molar refractivity (Wildman–Crippen MR) is 146 cm³/mol. The van der Waals surface area contributed by atoms with Gasteiger partial charge in [0.2, 0.25) is 11.8 Å². The number of aryl methyl sites for hydroxylation is 2. The molecule has 188 valence electrons. The molecule has 0 spiro atoms. The van der Waals surface area contributed by atoms with E-state index in [0.29, 0.717) is 11.4 Å². The zero-order valence-electron chi connectivity index (χ0n) is 21.2. The van der Waals surface area contributed by atoms with Gasteiger partial charge < -0.3 is 10.2 Å². The van der Waals surface area contributed by atoms with Crippen LogP contribution in [0, 0.1) is 13.8 Å². The second-order valence-electron chi connectivity index (χ2n) is 9.92. The molecule has 1 aliphatic carbocycles. The zero-order valence-corrected chi connectivity index (χ0v) is 21.9. The van der Waals surface area contributed by atoms with Gasteiger partial charge in [0.05, 0.1) is 6.42 Å². The molecule has 5 heteroatoms. The Morgan fingerprint density at radius 3 is 2.36 bits per heavy atom. The Morgan fingerprint density at radius 2 is 1.64 bits per heavy atom. The molecule has 1 atom stereocenters. The number of hydrogen-bond acceptors (Lipinski definition) is 2. The van der Waals surface area contributed by atoms with Crippen molar-refractivity contribution < 1.29 is 9.59 Å². The highest BCUT2D eigenvalue weighted by molar-refractivity contribution is 6.31. The van der Waals surface area contributed by atoms with E-state index in [-0.39, 0.29) is 30.8 Å². The summed E-state index contributed by atoms with van der Waals surface area (Å²) >= 11 is 6.52. The number of nitrogens with zero attached hydrogens (tertiary/aromatic N) is 1. The van der Waals surface area contributed by atoms with Crippen LogP contribution in [-0.4, -0.2) is 28.8 Å². The Labute approximate surface area is 219 Å². The molecule has 1 fully saturated rings. The lowest BCUT2D eigenvalue weighted by atomic mass is 9.99. The average Bonchev–Trinajstić information content (AvgIpc) is 3.38. The molecule has 0 saturated heterocycles. The van der Waals surface area contributed by atoms with E-state index in [9.17, 15) is 9.59 Å². The molecule has 3 aromatic carbocycles. The number of amides is 2. The van der Waals surface area contributed by atoms with Gasteiger partial charge in [-0.05, 0) is 55.0 Å². The fraction of sp³-hybridized carbons (Fsp3) is 0.355. The summed E-state index contributed by atoms with van der Waals surface area (Å²) in [6.45, 7) is 4.33. The molecule has 1 aliphatic rings. The monoisotopic (exact) mass is 502 g/mol. The highest BCUT2D eigenvalue weighted by atomic mass is 35.5. The molecule has 0 bridgehead atoms. The van der Waals surface area contributed by atoms with E-state index in [4.69, 9.17) is 11.6 Å². The molecular formula is C31H35ClN2O2. The molecule has 36 heavy (non-hydrogen) atoms. The standard InChI is InChI=1S/C31H35ClN2O2/c1-22-16-17-23(2)26(18-22)20-30(35)34(21-25-12-6-9-15-28(25)32)29(19-24-10-4-3-5-11-24)31(36)33-27-13-7-8-14-27/h3-6,9-12,15-18,27,29H,7-8,13-14,19-21H2,1-2H3,(H,33,36)/t29-/m1/s1. The molecule has 1 N–H and O–H groups in total. The summed E-state index contributed by atoms with van der Waals surface area (Å²) in [7, 11) is 0. The minimum atomic E-state index is -0.637. The average molecular weight is 503 g/mol. The van der Waals surface area contributed by atoms with Crippen LogP contribution < -0.4 is 5.32 Å². The maximum absolute atomic E-state index is 14.0. The molecule has 4 rings (SSSR count). The number of carbonyl (C=O) groups is 2. The van der Waals surface area contributed by atoms with Crippen molar-refractivity contribution in [3.8, 4) is 0 Å². The Hall–Kier alpha value is -3.11. The van der Waals surface area contributed by atoms with E-state index in [1.165, 1.54) is 0 Å². The molecule has 0 unspecified atom stereocenters. The predicted octanol–water partition coefficient (Wildman–Crippen LogP) is 6.20. The quantitative estimate of drug-likeness (QED) is 0.379. The maximum Gasteiger partial charge on any atom is 0.243 e. The number of benzene rings is 3. The highest BCUT2D eigenvalue weighted by Crippen LogP contribution is 2.23. The van der Waals surface area contributed by atoms with E-state index >= 15 is 0 Å². The third-order valence-electron chi connectivity index (χ3n) is 7.12. The Kier molecular flexibility index (Phi) is 8.82. The summed E-state index contributed by atoms with van der Waals surface area (Å²) in [4.78, 5) is 29.5. The maximum atomic E-state index is 14.0. The van der Waals surface area contributed by atoms with Crippen LogP contribution in [0.3, 0.4) is 0 Å². The minimum Gasteiger partial charge on any atom is -0.352 e.